The molecule has 2 aromatic rings. The van der Waals surface area contributed by atoms with Crippen LogP contribution < -0.4 is 4.74 Å². The van der Waals surface area contributed by atoms with Crippen LogP contribution in [0.25, 0.3) is 0 Å². The highest BCUT2D eigenvalue weighted by Crippen LogP contribution is 2.44. The third kappa shape index (κ3) is 4.99. The van der Waals surface area contributed by atoms with Crippen LogP contribution in [-0.2, 0) is 10.1 Å². The smallest absolute Gasteiger partial charge is 0.294 e. The molecule has 3 saturated heterocycles. The first-order valence-corrected chi connectivity index (χ1v) is 12.1. The Morgan fingerprint density at radius 2 is 1.72 bits per heavy atom. The number of piperidine rings is 3. The van der Waals surface area contributed by atoms with Crippen LogP contribution in [0.3, 0.4) is 0 Å². The lowest BCUT2D eigenvalue weighted by Gasteiger charge is -2.55. The Bertz CT molecular complexity index is 920. The Morgan fingerprint density at radius 3 is 2.24 bits per heavy atom. The first kappa shape index (κ1) is 20.8. The predicted octanol–water partition coefficient (Wildman–Crippen LogP) is 3.80. The van der Waals surface area contributed by atoms with Gasteiger partial charge in [-0.1, -0.05) is 17.7 Å². The number of hydrogen-bond acceptors (Lipinski definition) is 5. The molecule has 29 heavy (non-hydrogen) atoms. The zero-order chi connectivity index (χ0) is 20.6. The van der Waals surface area contributed by atoms with Crippen molar-refractivity contribution in [1.29, 1.82) is 0 Å². The summed E-state index contributed by atoms with van der Waals surface area (Å²) in [5, 5.41) is 0. The standard InChI is InChI=1S/C14H17BrN2O.C7H8O3S/c15-12-1-2-13(16-5-12)18-14-10-3-9-4-11(14)8-17(6-9)7-10;1-6-2-4-7(5-3-6)11(8,9)10/h1-2,5,9-11,14H,3-4,6-8H2;2-5H,1H3,(H,8,9,10). The highest BCUT2D eigenvalue weighted by molar-refractivity contribution is 9.10. The molecule has 1 aromatic heterocycles. The van der Waals surface area contributed by atoms with Crippen molar-refractivity contribution in [1.82, 2.24) is 9.88 Å². The number of benzene rings is 1. The zero-order valence-electron chi connectivity index (χ0n) is 16.2. The summed E-state index contributed by atoms with van der Waals surface area (Å²) in [7, 11) is -4.02. The number of rotatable bonds is 3. The van der Waals surface area contributed by atoms with Crippen LogP contribution in [0, 0.1) is 24.7 Å². The van der Waals surface area contributed by atoms with Crippen LogP contribution >= 0.6 is 15.9 Å². The average Bonchev–Trinajstić information content (AvgIpc) is 2.66. The van der Waals surface area contributed by atoms with Gasteiger partial charge in [0.2, 0.25) is 5.88 Å². The number of hydrogen-bond donors (Lipinski definition) is 1. The molecule has 4 heterocycles. The maximum absolute atomic E-state index is 10.5. The second kappa shape index (κ2) is 8.34. The van der Waals surface area contributed by atoms with E-state index in [0.717, 1.165) is 33.7 Å². The summed E-state index contributed by atoms with van der Waals surface area (Å²) in [6.07, 6.45) is 4.92. The highest BCUT2D eigenvalue weighted by Gasteiger charge is 2.48. The van der Waals surface area contributed by atoms with Gasteiger partial charge in [0, 0.05) is 48.2 Å². The van der Waals surface area contributed by atoms with Crippen LogP contribution in [0.5, 0.6) is 5.88 Å². The Balaban J connectivity index is 0.000000161. The van der Waals surface area contributed by atoms with E-state index in [1.165, 1.54) is 44.6 Å². The Morgan fingerprint density at radius 1 is 1.07 bits per heavy atom. The summed E-state index contributed by atoms with van der Waals surface area (Å²) in [6, 6.07) is 9.96. The van der Waals surface area contributed by atoms with E-state index in [9.17, 15) is 8.42 Å². The van der Waals surface area contributed by atoms with Gasteiger partial charge < -0.3 is 9.64 Å². The SMILES string of the molecule is Brc1ccc(OC2C3CC4CC2CN(C4)C3)nc1.Cc1ccc(S(=O)(=O)O)cc1. The molecule has 6 nitrogen and oxygen atoms in total. The molecule has 1 saturated carbocycles. The van der Waals surface area contributed by atoms with Crippen LogP contribution in [0.15, 0.2) is 52.0 Å². The number of nitrogens with zero attached hydrogens (tertiary/aromatic N) is 2. The second-order valence-electron chi connectivity index (χ2n) is 8.26. The first-order chi connectivity index (χ1) is 13.8. The van der Waals surface area contributed by atoms with Gasteiger partial charge in [-0.05, 0) is 59.8 Å². The fourth-order valence-electron chi connectivity index (χ4n) is 4.84. The summed E-state index contributed by atoms with van der Waals surface area (Å²) < 4.78 is 36.7. The van der Waals surface area contributed by atoms with Gasteiger partial charge in [-0.3, -0.25) is 4.55 Å². The van der Waals surface area contributed by atoms with Crippen molar-refractivity contribution in [2.45, 2.75) is 30.8 Å². The number of aromatic nitrogens is 1. The minimum atomic E-state index is -4.02. The molecule has 156 valence electrons. The average molecular weight is 481 g/mol. The molecule has 8 heteroatoms. The second-order valence-corrected chi connectivity index (χ2v) is 10.6. The van der Waals surface area contributed by atoms with E-state index in [1.54, 1.807) is 12.1 Å². The normalized spacial score (nSPS) is 29.8. The van der Waals surface area contributed by atoms with Gasteiger partial charge in [0.15, 0.2) is 0 Å². The van der Waals surface area contributed by atoms with E-state index in [0.29, 0.717) is 6.10 Å². The van der Waals surface area contributed by atoms with Crippen LogP contribution in [-0.4, -0.2) is 48.6 Å². The third-order valence-corrected chi connectivity index (χ3v) is 7.32. The van der Waals surface area contributed by atoms with E-state index in [4.69, 9.17) is 9.29 Å². The minimum Gasteiger partial charge on any atom is -0.474 e. The van der Waals surface area contributed by atoms with Crippen molar-refractivity contribution in [3.05, 3.63) is 52.6 Å². The van der Waals surface area contributed by atoms with Gasteiger partial charge in [-0.15, -0.1) is 0 Å². The molecule has 6 rings (SSSR count). The molecule has 4 bridgehead atoms. The molecule has 1 aromatic carbocycles. The lowest BCUT2D eigenvalue weighted by atomic mass is 9.66. The summed E-state index contributed by atoms with van der Waals surface area (Å²) in [4.78, 5) is 6.91. The van der Waals surface area contributed by atoms with Crippen molar-refractivity contribution in [2.24, 2.45) is 17.8 Å². The minimum absolute atomic E-state index is 0.0666. The molecule has 4 aliphatic rings. The Kier molecular flexibility index (Phi) is 5.97. The maximum atomic E-state index is 10.5. The molecule has 0 radical (unpaired) electrons. The van der Waals surface area contributed by atoms with E-state index in [-0.39, 0.29) is 4.90 Å². The molecule has 0 amide bonds. The fourth-order valence-corrected chi connectivity index (χ4v) is 5.55. The van der Waals surface area contributed by atoms with Crippen molar-refractivity contribution in [3.63, 3.8) is 0 Å². The Labute approximate surface area is 180 Å². The van der Waals surface area contributed by atoms with Gasteiger partial charge in [-0.25, -0.2) is 4.98 Å². The topological polar surface area (TPSA) is 79.7 Å². The summed E-state index contributed by atoms with van der Waals surface area (Å²) in [5.74, 6) is 3.16. The number of halogens is 1. The van der Waals surface area contributed by atoms with Crippen molar-refractivity contribution >= 4 is 26.0 Å². The van der Waals surface area contributed by atoms with Gasteiger partial charge in [0.1, 0.15) is 6.10 Å². The van der Waals surface area contributed by atoms with Crippen LogP contribution in [0.4, 0.5) is 0 Å². The van der Waals surface area contributed by atoms with Crippen molar-refractivity contribution in [2.75, 3.05) is 19.6 Å². The van der Waals surface area contributed by atoms with E-state index in [1.807, 2.05) is 25.3 Å². The number of aryl methyl sites for hydroxylation is 1. The van der Waals surface area contributed by atoms with E-state index >= 15 is 0 Å². The molecule has 0 spiro atoms. The van der Waals surface area contributed by atoms with Gasteiger partial charge in [0.05, 0.1) is 4.90 Å². The molecule has 2 unspecified atom stereocenters. The molecule has 4 fully saturated rings. The quantitative estimate of drug-likeness (QED) is 0.672. The Hall–Kier alpha value is -1.48. The lowest BCUT2D eigenvalue weighted by Crippen LogP contribution is -2.61. The summed E-state index contributed by atoms with van der Waals surface area (Å²) in [6.45, 7) is 5.63. The van der Waals surface area contributed by atoms with Gasteiger partial charge in [0.25, 0.3) is 10.1 Å². The van der Waals surface area contributed by atoms with Crippen molar-refractivity contribution in [3.8, 4) is 5.88 Å². The van der Waals surface area contributed by atoms with Gasteiger partial charge >= 0.3 is 0 Å². The van der Waals surface area contributed by atoms with Gasteiger partial charge in [-0.2, -0.15) is 8.42 Å². The van der Waals surface area contributed by atoms with Crippen LogP contribution in [0.1, 0.15) is 18.4 Å². The molecule has 1 aliphatic carbocycles. The third-order valence-electron chi connectivity index (χ3n) is 5.98. The number of ether oxygens (including phenoxy) is 1. The summed E-state index contributed by atoms with van der Waals surface area (Å²) >= 11 is 3.41. The molecule has 2 atom stereocenters. The van der Waals surface area contributed by atoms with Crippen molar-refractivity contribution < 1.29 is 17.7 Å². The lowest BCUT2D eigenvalue weighted by molar-refractivity contribution is -0.0997. The summed E-state index contributed by atoms with van der Waals surface area (Å²) in [5.41, 5.74) is 0.956. The zero-order valence-corrected chi connectivity index (χ0v) is 18.6. The van der Waals surface area contributed by atoms with E-state index in [2.05, 4.69) is 25.8 Å². The molecular formula is C21H25BrN2O4S. The van der Waals surface area contributed by atoms with Crippen LogP contribution in [0.2, 0.25) is 0 Å². The largest absolute Gasteiger partial charge is 0.474 e. The monoisotopic (exact) mass is 480 g/mol. The molecular weight excluding hydrogens is 456 g/mol. The highest BCUT2D eigenvalue weighted by atomic mass is 79.9. The molecule has 1 N–H and O–H groups in total. The maximum Gasteiger partial charge on any atom is 0.294 e. The first-order valence-electron chi connectivity index (χ1n) is 9.82. The predicted molar refractivity (Wildman–Crippen MR) is 113 cm³/mol. The fraction of sp³-hybridized carbons (Fsp3) is 0.476. The molecule has 3 aliphatic heterocycles. The number of pyridine rings is 1. The van der Waals surface area contributed by atoms with E-state index < -0.39 is 10.1 Å².